The van der Waals surface area contributed by atoms with Crippen LogP contribution in [-0.2, 0) is 9.59 Å². The van der Waals surface area contributed by atoms with E-state index in [1.807, 2.05) is 0 Å². The van der Waals surface area contributed by atoms with Crippen molar-refractivity contribution in [3.63, 3.8) is 0 Å². The fourth-order valence-electron chi connectivity index (χ4n) is 0.581. The SMILES string of the molecule is CCC(C)(F)C(=O)NC(=O)C(C)(C)C. The molecule has 2 amide bonds. The zero-order valence-corrected chi connectivity index (χ0v) is 9.40. The molecule has 0 aromatic carbocycles. The summed E-state index contributed by atoms with van der Waals surface area (Å²) in [7, 11) is 0. The predicted molar refractivity (Wildman–Crippen MR) is 52.4 cm³/mol. The maximum absolute atomic E-state index is 13.4. The van der Waals surface area contributed by atoms with E-state index >= 15 is 0 Å². The quantitative estimate of drug-likeness (QED) is 0.744. The van der Waals surface area contributed by atoms with E-state index in [1.54, 1.807) is 27.7 Å². The fraction of sp³-hybridized carbons (Fsp3) is 0.800. The van der Waals surface area contributed by atoms with E-state index in [1.165, 1.54) is 0 Å². The Balaban J connectivity index is 4.43. The second kappa shape index (κ2) is 4.07. The normalized spacial score (nSPS) is 15.9. The lowest BCUT2D eigenvalue weighted by atomic mass is 9.95. The minimum Gasteiger partial charge on any atom is -0.293 e. The summed E-state index contributed by atoms with van der Waals surface area (Å²) in [6.07, 6.45) is 0.0518. The van der Waals surface area contributed by atoms with Gasteiger partial charge in [-0.25, -0.2) is 4.39 Å². The first-order valence-corrected chi connectivity index (χ1v) is 4.66. The number of imide groups is 1. The molecule has 0 bridgehead atoms. The molecule has 0 rings (SSSR count). The maximum Gasteiger partial charge on any atom is 0.263 e. The molecule has 0 aliphatic heterocycles. The maximum atomic E-state index is 13.4. The van der Waals surface area contributed by atoms with Crippen LogP contribution < -0.4 is 5.32 Å². The number of nitrogens with one attached hydrogen (secondary N) is 1. The first kappa shape index (κ1) is 13.1. The molecule has 14 heavy (non-hydrogen) atoms. The van der Waals surface area contributed by atoms with Gasteiger partial charge >= 0.3 is 0 Å². The zero-order chi connectivity index (χ0) is 11.6. The lowest BCUT2D eigenvalue weighted by Crippen LogP contribution is -2.47. The number of halogens is 1. The number of hydrogen-bond acceptors (Lipinski definition) is 2. The van der Waals surface area contributed by atoms with E-state index in [0.717, 1.165) is 6.92 Å². The predicted octanol–water partition coefficient (Wildman–Crippen LogP) is 1.81. The molecule has 3 nitrogen and oxygen atoms in total. The highest BCUT2D eigenvalue weighted by atomic mass is 19.1. The Morgan fingerprint density at radius 3 is 1.86 bits per heavy atom. The van der Waals surface area contributed by atoms with Crippen LogP contribution in [0.3, 0.4) is 0 Å². The molecule has 4 heteroatoms. The molecule has 1 unspecified atom stereocenters. The van der Waals surface area contributed by atoms with Gasteiger partial charge in [0.15, 0.2) is 5.67 Å². The zero-order valence-electron chi connectivity index (χ0n) is 9.40. The minimum absolute atomic E-state index is 0.0518. The van der Waals surface area contributed by atoms with Crippen molar-refractivity contribution >= 4 is 11.8 Å². The third kappa shape index (κ3) is 3.44. The molecule has 0 aliphatic rings. The van der Waals surface area contributed by atoms with E-state index in [4.69, 9.17) is 0 Å². The summed E-state index contributed by atoms with van der Waals surface area (Å²) >= 11 is 0. The van der Waals surface area contributed by atoms with E-state index in [2.05, 4.69) is 5.32 Å². The van der Waals surface area contributed by atoms with Crippen molar-refractivity contribution in [2.45, 2.75) is 46.7 Å². The number of carbonyl (C=O) groups excluding carboxylic acids is 2. The lowest BCUT2D eigenvalue weighted by Gasteiger charge is -2.21. The molecule has 0 aromatic heterocycles. The summed E-state index contributed by atoms with van der Waals surface area (Å²) in [5, 5.41) is 2.06. The summed E-state index contributed by atoms with van der Waals surface area (Å²) in [6, 6.07) is 0. The first-order valence-electron chi connectivity index (χ1n) is 4.66. The Labute approximate surface area is 84.1 Å². The van der Waals surface area contributed by atoms with Crippen molar-refractivity contribution in [2.24, 2.45) is 5.41 Å². The van der Waals surface area contributed by atoms with Crippen LogP contribution in [0.25, 0.3) is 0 Å². The smallest absolute Gasteiger partial charge is 0.263 e. The van der Waals surface area contributed by atoms with Crippen molar-refractivity contribution in [2.75, 3.05) is 0 Å². The van der Waals surface area contributed by atoms with Crippen LogP contribution in [0.5, 0.6) is 0 Å². The number of rotatable bonds is 2. The Morgan fingerprint density at radius 1 is 1.14 bits per heavy atom. The lowest BCUT2D eigenvalue weighted by molar-refractivity contribution is -0.141. The molecule has 0 spiro atoms. The van der Waals surface area contributed by atoms with Crippen LogP contribution in [0.2, 0.25) is 0 Å². The molecular weight excluding hydrogens is 185 g/mol. The van der Waals surface area contributed by atoms with Gasteiger partial charge in [0.25, 0.3) is 5.91 Å². The van der Waals surface area contributed by atoms with Gasteiger partial charge < -0.3 is 0 Å². The Bertz CT molecular complexity index is 241. The van der Waals surface area contributed by atoms with Gasteiger partial charge in [0.1, 0.15) is 0 Å². The number of carbonyl (C=O) groups is 2. The largest absolute Gasteiger partial charge is 0.293 e. The monoisotopic (exact) mass is 203 g/mol. The average Bonchev–Trinajstić information content (AvgIpc) is 2.02. The highest BCUT2D eigenvalue weighted by Crippen LogP contribution is 2.17. The molecule has 82 valence electrons. The Morgan fingerprint density at radius 2 is 1.57 bits per heavy atom. The van der Waals surface area contributed by atoms with Gasteiger partial charge in [-0.3, -0.25) is 14.9 Å². The number of amides is 2. The van der Waals surface area contributed by atoms with E-state index < -0.39 is 22.9 Å². The second-order valence-corrected chi connectivity index (χ2v) is 4.58. The standard InChI is InChI=1S/C10H18FNO2/c1-6-10(5,11)8(14)12-7(13)9(2,3)4/h6H2,1-5H3,(H,12,13,14). The number of hydrogen-bond donors (Lipinski definition) is 1. The summed E-state index contributed by atoms with van der Waals surface area (Å²) in [4.78, 5) is 22.6. The van der Waals surface area contributed by atoms with Crippen LogP contribution in [0.15, 0.2) is 0 Å². The first-order chi connectivity index (χ1) is 6.11. The summed E-state index contributed by atoms with van der Waals surface area (Å²) < 4.78 is 13.4. The van der Waals surface area contributed by atoms with Gasteiger partial charge in [-0.2, -0.15) is 0 Å². The van der Waals surface area contributed by atoms with Crippen molar-refractivity contribution in [1.82, 2.24) is 5.32 Å². The van der Waals surface area contributed by atoms with Crippen LogP contribution in [-0.4, -0.2) is 17.5 Å². The fourth-order valence-corrected chi connectivity index (χ4v) is 0.581. The minimum atomic E-state index is -1.97. The third-order valence-corrected chi connectivity index (χ3v) is 2.05. The molecular formula is C10H18FNO2. The van der Waals surface area contributed by atoms with Crippen molar-refractivity contribution in [3.8, 4) is 0 Å². The van der Waals surface area contributed by atoms with Crippen LogP contribution in [0, 0.1) is 5.41 Å². The molecule has 0 fully saturated rings. The second-order valence-electron chi connectivity index (χ2n) is 4.58. The van der Waals surface area contributed by atoms with Gasteiger partial charge in [0.2, 0.25) is 5.91 Å². The summed E-state index contributed by atoms with van der Waals surface area (Å²) in [6.45, 7) is 7.71. The van der Waals surface area contributed by atoms with Crippen molar-refractivity contribution < 1.29 is 14.0 Å². The molecule has 0 aromatic rings. The highest BCUT2D eigenvalue weighted by Gasteiger charge is 2.34. The third-order valence-electron chi connectivity index (χ3n) is 2.05. The van der Waals surface area contributed by atoms with Gasteiger partial charge in [0.05, 0.1) is 0 Å². The van der Waals surface area contributed by atoms with Gasteiger partial charge in [-0.05, 0) is 13.3 Å². The van der Waals surface area contributed by atoms with Gasteiger partial charge in [-0.1, -0.05) is 27.7 Å². The molecule has 0 saturated heterocycles. The van der Waals surface area contributed by atoms with E-state index in [0.29, 0.717) is 0 Å². The van der Waals surface area contributed by atoms with Crippen LogP contribution in [0.1, 0.15) is 41.0 Å². The van der Waals surface area contributed by atoms with Gasteiger partial charge in [-0.15, -0.1) is 0 Å². The van der Waals surface area contributed by atoms with Gasteiger partial charge in [0, 0.05) is 5.41 Å². The molecule has 1 N–H and O–H groups in total. The van der Waals surface area contributed by atoms with E-state index in [-0.39, 0.29) is 6.42 Å². The Hall–Kier alpha value is -0.930. The molecule has 0 saturated carbocycles. The molecule has 0 heterocycles. The van der Waals surface area contributed by atoms with E-state index in [9.17, 15) is 14.0 Å². The average molecular weight is 203 g/mol. The number of alkyl halides is 1. The van der Waals surface area contributed by atoms with Crippen LogP contribution in [0.4, 0.5) is 4.39 Å². The summed E-state index contributed by atoms with van der Waals surface area (Å²) in [5.41, 5.74) is -2.65. The highest BCUT2D eigenvalue weighted by molar-refractivity contribution is 6.00. The summed E-state index contributed by atoms with van der Waals surface area (Å²) in [5.74, 6) is -1.32. The van der Waals surface area contributed by atoms with Crippen molar-refractivity contribution in [1.29, 1.82) is 0 Å². The van der Waals surface area contributed by atoms with Crippen molar-refractivity contribution in [3.05, 3.63) is 0 Å². The molecule has 1 atom stereocenters. The molecule has 0 radical (unpaired) electrons. The Kier molecular flexibility index (Phi) is 3.80. The molecule has 0 aliphatic carbocycles. The van der Waals surface area contributed by atoms with Crippen LogP contribution >= 0.6 is 0 Å². The topological polar surface area (TPSA) is 46.2 Å².